The van der Waals surface area contributed by atoms with Crippen LogP contribution in [0.2, 0.25) is 0 Å². The van der Waals surface area contributed by atoms with Crippen molar-refractivity contribution in [1.82, 2.24) is 10.3 Å². The highest BCUT2D eigenvalue weighted by molar-refractivity contribution is 5.52. The van der Waals surface area contributed by atoms with Gasteiger partial charge in [-0.25, -0.2) is 4.98 Å². The molecule has 1 aromatic rings. The highest BCUT2D eigenvalue weighted by Gasteiger charge is 2.32. The Labute approximate surface area is 130 Å². The van der Waals surface area contributed by atoms with Crippen LogP contribution in [0.5, 0.6) is 0 Å². The van der Waals surface area contributed by atoms with Gasteiger partial charge in [0.1, 0.15) is 5.82 Å². The maximum Gasteiger partial charge on any atom is 0.133 e. The second kappa shape index (κ2) is 5.96. The summed E-state index contributed by atoms with van der Waals surface area (Å²) in [5.41, 5.74) is 3.90. The molecule has 118 valence electrons. The topological polar surface area (TPSA) is 28.2 Å². The van der Waals surface area contributed by atoms with Gasteiger partial charge < -0.3 is 10.2 Å². The largest absolute Gasteiger partial charge is 0.356 e. The maximum absolute atomic E-state index is 4.85. The lowest BCUT2D eigenvalue weighted by Gasteiger charge is -2.30. The van der Waals surface area contributed by atoms with Crippen LogP contribution in [-0.2, 0) is 6.54 Å². The van der Waals surface area contributed by atoms with Crippen molar-refractivity contribution < 1.29 is 0 Å². The smallest absolute Gasteiger partial charge is 0.133 e. The van der Waals surface area contributed by atoms with Gasteiger partial charge in [-0.3, -0.25) is 0 Å². The van der Waals surface area contributed by atoms with Gasteiger partial charge in [-0.1, -0.05) is 0 Å². The minimum Gasteiger partial charge on any atom is -0.356 e. The number of anilines is 1. The second-order valence-corrected chi connectivity index (χ2v) is 7.68. The summed E-state index contributed by atoms with van der Waals surface area (Å²) in [7, 11) is 2.20. The van der Waals surface area contributed by atoms with Gasteiger partial charge in [0.15, 0.2) is 0 Å². The van der Waals surface area contributed by atoms with Crippen LogP contribution in [0.3, 0.4) is 0 Å². The van der Waals surface area contributed by atoms with Crippen molar-refractivity contribution in [2.24, 2.45) is 5.92 Å². The fraction of sp³-hybridized carbons (Fsp3) is 0.722. The van der Waals surface area contributed by atoms with Crippen molar-refractivity contribution in [2.45, 2.75) is 72.5 Å². The zero-order chi connectivity index (χ0) is 15.8. The number of nitrogens with one attached hydrogen (secondary N) is 1. The Bertz CT molecular complexity index is 498. The number of rotatable bonds is 5. The van der Waals surface area contributed by atoms with Crippen LogP contribution in [0.4, 0.5) is 5.82 Å². The van der Waals surface area contributed by atoms with Crippen molar-refractivity contribution >= 4 is 5.82 Å². The quantitative estimate of drug-likeness (QED) is 0.893. The lowest BCUT2D eigenvalue weighted by Crippen LogP contribution is -2.37. The molecule has 0 saturated heterocycles. The SMILES string of the molecule is Cc1cc(C)c(CNC(C)(C)C)c(N(C)C(C)C2CC2)n1. The number of hydrogen-bond acceptors (Lipinski definition) is 3. The monoisotopic (exact) mass is 289 g/mol. The highest BCUT2D eigenvalue weighted by atomic mass is 15.2. The van der Waals surface area contributed by atoms with E-state index in [4.69, 9.17) is 4.98 Å². The first-order valence-electron chi connectivity index (χ1n) is 8.14. The summed E-state index contributed by atoms with van der Waals surface area (Å²) in [5.74, 6) is 2.00. The van der Waals surface area contributed by atoms with Gasteiger partial charge in [-0.05, 0) is 71.9 Å². The molecule has 1 N–H and O–H groups in total. The third-order valence-electron chi connectivity index (χ3n) is 4.50. The summed E-state index contributed by atoms with van der Waals surface area (Å²) < 4.78 is 0. The molecule has 1 aliphatic carbocycles. The summed E-state index contributed by atoms with van der Waals surface area (Å²) in [6.07, 6.45) is 2.73. The minimum absolute atomic E-state index is 0.120. The third-order valence-corrected chi connectivity index (χ3v) is 4.50. The van der Waals surface area contributed by atoms with Gasteiger partial charge >= 0.3 is 0 Å². The van der Waals surface area contributed by atoms with Gasteiger partial charge in [-0.15, -0.1) is 0 Å². The Hall–Kier alpha value is -1.09. The molecule has 1 atom stereocenters. The van der Waals surface area contributed by atoms with Crippen LogP contribution in [0.15, 0.2) is 6.07 Å². The maximum atomic E-state index is 4.85. The molecule has 0 amide bonds. The average Bonchev–Trinajstić information content (AvgIpc) is 3.18. The van der Waals surface area contributed by atoms with E-state index in [9.17, 15) is 0 Å². The van der Waals surface area contributed by atoms with E-state index in [2.05, 4.69) is 64.9 Å². The lowest BCUT2D eigenvalue weighted by molar-refractivity contribution is 0.423. The summed E-state index contributed by atoms with van der Waals surface area (Å²) >= 11 is 0. The molecule has 1 aliphatic rings. The zero-order valence-corrected chi connectivity index (χ0v) is 14.7. The Kier molecular flexibility index (Phi) is 4.62. The van der Waals surface area contributed by atoms with E-state index in [1.54, 1.807) is 0 Å². The summed E-state index contributed by atoms with van der Waals surface area (Å²) in [5, 5.41) is 3.61. The Balaban J connectivity index is 2.28. The molecule has 3 nitrogen and oxygen atoms in total. The lowest BCUT2D eigenvalue weighted by atomic mass is 10.0. The summed E-state index contributed by atoms with van der Waals surface area (Å²) in [6.45, 7) is 14.1. The highest BCUT2D eigenvalue weighted by Crippen LogP contribution is 2.37. The first-order valence-corrected chi connectivity index (χ1v) is 8.14. The third kappa shape index (κ3) is 4.19. The molecular formula is C18H31N3. The van der Waals surface area contributed by atoms with Gasteiger partial charge in [0.2, 0.25) is 0 Å². The van der Waals surface area contributed by atoms with E-state index in [0.29, 0.717) is 6.04 Å². The number of hydrogen-bond donors (Lipinski definition) is 1. The molecule has 0 radical (unpaired) electrons. The molecule has 1 saturated carbocycles. The number of aromatic nitrogens is 1. The van der Waals surface area contributed by atoms with Gasteiger partial charge in [0.25, 0.3) is 0 Å². The Morgan fingerprint density at radius 1 is 1.33 bits per heavy atom. The molecule has 1 fully saturated rings. The molecule has 0 spiro atoms. The first-order chi connectivity index (χ1) is 9.69. The van der Waals surface area contributed by atoms with E-state index < -0.39 is 0 Å². The van der Waals surface area contributed by atoms with Crippen LogP contribution >= 0.6 is 0 Å². The molecular weight excluding hydrogens is 258 g/mol. The molecule has 1 aromatic heterocycles. The molecule has 1 unspecified atom stereocenters. The van der Waals surface area contributed by atoms with Crippen LogP contribution in [0, 0.1) is 19.8 Å². The summed E-state index contributed by atoms with van der Waals surface area (Å²) in [6, 6.07) is 2.77. The van der Waals surface area contributed by atoms with E-state index in [-0.39, 0.29) is 5.54 Å². The van der Waals surface area contributed by atoms with Gasteiger partial charge in [-0.2, -0.15) is 0 Å². The molecule has 0 aromatic carbocycles. The van der Waals surface area contributed by atoms with Crippen LogP contribution < -0.4 is 10.2 Å². The second-order valence-electron chi connectivity index (χ2n) is 7.68. The van der Waals surface area contributed by atoms with Crippen LogP contribution in [0.25, 0.3) is 0 Å². The molecule has 2 rings (SSSR count). The Morgan fingerprint density at radius 2 is 1.95 bits per heavy atom. The molecule has 0 bridgehead atoms. The fourth-order valence-electron chi connectivity index (χ4n) is 2.80. The zero-order valence-electron chi connectivity index (χ0n) is 14.7. The van der Waals surface area contributed by atoms with Crippen LogP contribution in [-0.4, -0.2) is 23.6 Å². The van der Waals surface area contributed by atoms with E-state index in [1.807, 2.05) is 0 Å². The number of pyridine rings is 1. The predicted octanol–water partition coefficient (Wildman–Crippen LogP) is 3.82. The molecule has 3 heteroatoms. The van der Waals surface area contributed by atoms with Crippen molar-refractivity contribution in [1.29, 1.82) is 0 Å². The first kappa shape index (κ1) is 16.3. The van der Waals surface area contributed by atoms with Crippen molar-refractivity contribution in [3.05, 3.63) is 22.9 Å². The van der Waals surface area contributed by atoms with Crippen molar-refractivity contribution in [3.8, 4) is 0 Å². The van der Waals surface area contributed by atoms with Crippen molar-refractivity contribution in [3.63, 3.8) is 0 Å². The normalized spacial score (nSPS) is 16.9. The van der Waals surface area contributed by atoms with Gasteiger partial charge in [0.05, 0.1) is 0 Å². The molecule has 0 aliphatic heterocycles. The van der Waals surface area contributed by atoms with Crippen molar-refractivity contribution in [2.75, 3.05) is 11.9 Å². The van der Waals surface area contributed by atoms with E-state index in [0.717, 1.165) is 24.0 Å². The van der Waals surface area contributed by atoms with E-state index in [1.165, 1.54) is 24.0 Å². The predicted molar refractivity (Wildman–Crippen MR) is 90.9 cm³/mol. The number of nitrogens with zero attached hydrogens (tertiary/aromatic N) is 2. The molecule has 21 heavy (non-hydrogen) atoms. The minimum atomic E-state index is 0.120. The standard InChI is InChI=1S/C18H31N3/c1-12-10-13(2)20-17(16(12)11-19-18(4,5)6)21(7)14(3)15-8-9-15/h10,14-15,19H,8-9,11H2,1-7H3. The molecule has 1 heterocycles. The van der Waals surface area contributed by atoms with Crippen LogP contribution in [0.1, 0.15) is 57.4 Å². The van der Waals surface area contributed by atoms with Gasteiger partial charge in [0, 0.05) is 36.4 Å². The fourth-order valence-corrected chi connectivity index (χ4v) is 2.80. The average molecular weight is 289 g/mol. The van der Waals surface area contributed by atoms with E-state index >= 15 is 0 Å². The number of aryl methyl sites for hydroxylation is 2. The Morgan fingerprint density at radius 3 is 2.48 bits per heavy atom. The summed E-state index contributed by atoms with van der Waals surface area (Å²) in [4.78, 5) is 7.24.